The number of rotatable bonds is 2. The topological polar surface area (TPSA) is 101 Å². The number of fused-ring (bicyclic) bond motifs is 1. The van der Waals surface area contributed by atoms with E-state index in [1.807, 2.05) is 9.80 Å². The lowest BCUT2D eigenvalue weighted by Crippen LogP contribution is -2.52. The number of piperazine rings is 1. The molecular weight excluding hydrogens is 274 g/mol. The van der Waals surface area contributed by atoms with Crippen molar-refractivity contribution in [3.63, 3.8) is 0 Å². The summed E-state index contributed by atoms with van der Waals surface area (Å²) in [7, 11) is 1.31. The number of nitrogens with one attached hydrogen (secondary N) is 1. The van der Waals surface area contributed by atoms with Gasteiger partial charge >= 0.3 is 12.0 Å². The summed E-state index contributed by atoms with van der Waals surface area (Å²) in [5, 5.41) is 2.82. The van der Waals surface area contributed by atoms with Gasteiger partial charge in [0.2, 0.25) is 0 Å². The Morgan fingerprint density at radius 2 is 2.29 bits per heavy atom. The maximum absolute atomic E-state index is 11.6. The van der Waals surface area contributed by atoms with Crippen LogP contribution in [0.1, 0.15) is 10.5 Å². The molecule has 3 heterocycles. The summed E-state index contributed by atoms with van der Waals surface area (Å²) in [4.78, 5) is 31.3. The van der Waals surface area contributed by atoms with Crippen molar-refractivity contribution < 1.29 is 14.3 Å². The molecule has 3 rings (SSSR count). The SMILES string of the molecule is COC(=O)c1ccc(N)c(N2CCN3C(=O)NCC3C2)n1. The number of amides is 2. The minimum Gasteiger partial charge on any atom is -0.464 e. The van der Waals surface area contributed by atoms with Crippen molar-refractivity contribution >= 4 is 23.5 Å². The second kappa shape index (κ2) is 5.12. The highest BCUT2D eigenvalue weighted by molar-refractivity contribution is 5.88. The van der Waals surface area contributed by atoms with Gasteiger partial charge in [0.1, 0.15) is 0 Å². The van der Waals surface area contributed by atoms with Gasteiger partial charge in [0, 0.05) is 26.2 Å². The third-order valence-corrected chi connectivity index (χ3v) is 3.83. The van der Waals surface area contributed by atoms with Gasteiger partial charge in [-0.2, -0.15) is 0 Å². The Balaban J connectivity index is 1.84. The zero-order chi connectivity index (χ0) is 15.0. The molecule has 1 unspecified atom stereocenters. The summed E-state index contributed by atoms with van der Waals surface area (Å²) < 4.78 is 4.68. The molecule has 1 aromatic rings. The van der Waals surface area contributed by atoms with E-state index in [4.69, 9.17) is 5.73 Å². The highest BCUT2D eigenvalue weighted by atomic mass is 16.5. The Kier molecular flexibility index (Phi) is 3.28. The fourth-order valence-electron chi connectivity index (χ4n) is 2.73. The molecule has 1 aromatic heterocycles. The van der Waals surface area contributed by atoms with Crippen molar-refractivity contribution in [1.82, 2.24) is 15.2 Å². The maximum Gasteiger partial charge on any atom is 0.356 e. The zero-order valence-electron chi connectivity index (χ0n) is 11.7. The van der Waals surface area contributed by atoms with Crippen molar-refractivity contribution in [2.75, 3.05) is 43.9 Å². The Labute approximate surface area is 121 Å². The van der Waals surface area contributed by atoms with Crippen molar-refractivity contribution in [1.29, 1.82) is 0 Å². The van der Waals surface area contributed by atoms with Crippen LogP contribution in [-0.2, 0) is 4.74 Å². The predicted octanol–water partition coefficient (Wildman–Crippen LogP) is -0.336. The third-order valence-electron chi connectivity index (χ3n) is 3.83. The van der Waals surface area contributed by atoms with E-state index < -0.39 is 5.97 Å². The standard InChI is InChI=1S/C13H17N5O3/c1-21-12(19)10-3-2-9(14)11(16-10)17-4-5-18-8(7-17)6-15-13(18)20/h2-3,8H,4-7,14H2,1H3,(H,15,20). The van der Waals surface area contributed by atoms with Crippen LogP contribution in [0.5, 0.6) is 0 Å². The van der Waals surface area contributed by atoms with Crippen LogP contribution in [0.3, 0.4) is 0 Å². The number of carbonyl (C=O) groups is 2. The van der Waals surface area contributed by atoms with Crippen LogP contribution >= 0.6 is 0 Å². The van der Waals surface area contributed by atoms with E-state index in [0.717, 1.165) is 0 Å². The van der Waals surface area contributed by atoms with Gasteiger partial charge in [0.15, 0.2) is 11.5 Å². The summed E-state index contributed by atoms with van der Waals surface area (Å²) >= 11 is 0. The molecule has 0 radical (unpaired) electrons. The van der Waals surface area contributed by atoms with Crippen molar-refractivity contribution in [2.24, 2.45) is 0 Å². The second-order valence-electron chi connectivity index (χ2n) is 5.08. The first kappa shape index (κ1) is 13.5. The molecule has 112 valence electrons. The van der Waals surface area contributed by atoms with Gasteiger partial charge in [-0.1, -0.05) is 0 Å². The number of anilines is 2. The Hall–Kier alpha value is -2.51. The fraction of sp³-hybridized carbons (Fsp3) is 0.462. The molecule has 8 nitrogen and oxygen atoms in total. The number of nitrogens with two attached hydrogens (primary N) is 1. The van der Waals surface area contributed by atoms with E-state index in [9.17, 15) is 9.59 Å². The number of nitrogens with zero attached hydrogens (tertiary/aromatic N) is 3. The monoisotopic (exact) mass is 291 g/mol. The number of pyridine rings is 1. The molecule has 0 aliphatic carbocycles. The quantitative estimate of drug-likeness (QED) is 0.723. The Morgan fingerprint density at radius 1 is 1.48 bits per heavy atom. The van der Waals surface area contributed by atoms with Crippen molar-refractivity contribution in [3.8, 4) is 0 Å². The first-order valence-electron chi connectivity index (χ1n) is 6.74. The molecule has 1 atom stereocenters. The van der Waals surface area contributed by atoms with Gasteiger partial charge in [-0.3, -0.25) is 0 Å². The second-order valence-corrected chi connectivity index (χ2v) is 5.08. The number of nitrogen functional groups attached to an aromatic ring is 1. The lowest BCUT2D eigenvalue weighted by atomic mass is 10.2. The molecule has 2 aliphatic rings. The third kappa shape index (κ3) is 2.32. The first-order chi connectivity index (χ1) is 10.1. The van der Waals surface area contributed by atoms with E-state index in [1.165, 1.54) is 7.11 Å². The van der Waals surface area contributed by atoms with Crippen molar-refractivity contribution in [3.05, 3.63) is 17.8 Å². The van der Waals surface area contributed by atoms with Crippen LogP contribution < -0.4 is 16.0 Å². The average molecular weight is 291 g/mol. The van der Waals surface area contributed by atoms with Crippen LogP contribution in [-0.4, -0.2) is 61.2 Å². The summed E-state index contributed by atoms with van der Waals surface area (Å²) in [5.74, 6) is 0.0736. The number of aromatic nitrogens is 1. The van der Waals surface area contributed by atoms with Crippen LogP contribution in [0, 0.1) is 0 Å². The van der Waals surface area contributed by atoms with Gasteiger partial charge < -0.3 is 25.6 Å². The number of methoxy groups -OCH3 is 1. The summed E-state index contributed by atoms with van der Waals surface area (Å²) in [6, 6.07) is 3.28. The van der Waals surface area contributed by atoms with Gasteiger partial charge in [-0.25, -0.2) is 14.6 Å². The van der Waals surface area contributed by atoms with Crippen LogP contribution in [0.15, 0.2) is 12.1 Å². The summed E-state index contributed by atoms with van der Waals surface area (Å²) in [6.45, 7) is 2.50. The summed E-state index contributed by atoms with van der Waals surface area (Å²) in [5.41, 5.74) is 6.71. The number of ether oxygens (including phenoxy) is 1. The molecule has 2 amide bonds. The van der Waals surface area contributed by atoms with E-state index in [0.29, 0.717) is 37.7 Å². The number of hydrogen-bond acceptors (Lipinski definition) is 6. The van der Waals surface area contributed by atoms with Crippen LogP contribution in [0.4, 0.5) is 16.3 Å². The molecule has 0 spiro atoms. The lowest BCUT2D eigenvalue weighted by Gasteiger charge is -2.37. The van der Waals surface area contributed by atoms with Crippen molar-refractivity contribution in [2.45, 2.75) is 6.04 Å². The molecule has 0 saturated carbocycles. The van der Waals surface area contributed by atoms with Gasteiger partial charge in [0.05, 0.1) is 18.8 Å². The molecule has 0 aromatic carbocycles. The van der Waals surface area contributed by atoms with Crippen LogP contribution in [0.25, 0.3) is 0 Å². The first-order valence-corrected chi connectivity index (χ1v) is 6.74. The number of esters is 1. The Bertz CT molecular complexity index is 591. The molecule has 0 bridgehead atoms. The molecule has 2 saturated heterocycles. The number of urea groups is 1. The van der Waals surface area contributed by atoms with E-state index in [2.05, 4.69) is 15.0 Å². The Morgan fingerprint density at radius 3 is 3.05 bits per heavy atom. The smallest absolute Gasteiger partial charge is 0.356 e. The molecule has 2 fully saturated rings. The minimum atomic E-state index is -0.493. The van der Waals surface area contributed by atoms with E-state index in [-0.39, 0.29) is 17.8 Å². The fourth-order valence-corrected chi connectivity index (χ4v) is 2.73. The normalized spacial score (nSPS) is 21.0. The maximum atomic E-state index is 11.6. The van der Waals surface area contributed by atoms with E-state index in [1.54, 1.807) is 12.1 Å². The highest BCUT2D eigenvalue weighted by Crippen LogP contribution is 2.25. The zero-order valence-corrected chi connectivity index (χ0v) is 11.7. The lowest BCUT2D eigenvalue weighted by molar-refractivity contribution is 0.0594. The predicted molar refractivity (Wildman–Crippen MR) is 76.1 cm³/mol. The number of carbonyl (C=O) groups excluding carboxylic acids is 2. The molecular formula is C13H17N5O3. The van der Waals surface area contributed by atoms with Gasteiger partial charge in [0.25, 0.3) is 0 Å². The van der Waals surface area contributed by atoms with E-state index >= 15 is 0 Å². The van der Waals surface area contributed by atoms with Gasteiger partial charge in [-0.15, -0.1) is 0 Å². The number of hydrogen-bond donors (Lipinski definition) is 2. The molecule has 21 heavy (non-hydrogen) atoms. The largest absolute Gasteiger partial charge is 0.464 e. The molecule has 2 aliphatic heterocycles. The van der Waals surface area contributed by atoms with Gasteiger partial charge in [-0.05, 0) is 12.1 Å². The molecule has 8 heteroatoms. The van der Waals surface area contributed by atoms with Crippen LogP contribution in [0.2, 0.25) is 0 Å². The molecule has 3 N–H and O–H groups in total. The minimum absolute atomic E-state index is 0.0242. The average Bonchev–Trinajstić information content (AvgIpc) is 2.88. The highest BCUT2D eigenvalue weighted by Gasteiger charge is 2.36. The summed E-state index contributed by atoms with van der Waals surface area (Å²) in [6.07, 6.45) is 0.